The average molecular weight is 304 g/mol. The van der Waals surface area contributed by atoms with Gasteiger partial charge < -0.3 is 9.55 Å². The molecule has 3 heterocycles. The summed E-state index contributed by atoms with van der Waals surface area (Å²) in [6, 6.07) is 4.59. The number of hydrogen-bond acceptors (Lipinski definition) is 1. The van der Waals surface area contributed by atoms with Crippen LogP contribution < -0.4 is 0 Å². The second-order valence-electron chi connectivity index (χ2n) is 4.67. The number of nitrogens with zero attached hydrogens (tertiary/aromatic N) is 2. The van der Waals surface area contributed by atoms with E-state index in [2.05, 4.69) is 62.6 Å². The molecule has 3 aromatic rings. The number of hydrogen-bond donors (Lipinski definition) is 1. The number of fused-ring (bicyclic) bond motifs is 1. The predicted molar refractivity (Wildman–Crippen MR) is 77.6 cm³/mol. The van der Waals surface area contributed by atoms with Gasteiger partial charge in [-0.2, -0.15) is 0 Å². The lowest BCUT2D eigenvalue weighted by Crippen LogP contribution is -1.97. The lowest BCUT2D eigenvalue weighted by molar-refractivity contribution is 0.623. The van der Waals surface area contributed by atoms with Crippen molar-refractivity contribution in [2.45, 2.75) is 19.9 Å². The summed E-state index contributed by atoms with van der Waals surface area (Å²) < 4.78 is 3.15. The summed E-state index contributed by atoms with van der Waals surface area (Å²) in [5.41, 5.74) is 3.63. The van der Waals surface area contributed by atoms with Gasteiger partial charge >= 0.3 is 0 Å². The van der Waals surface area contributed by atoms with Crippen LogP contribution in [0.4, 0.5) is 0 Å². The molecule has 0 atom stereocenters. The molecule has 0 unspecified atom stereocenters. The van der Waals surface area contributed by atoms with Gasteiger partial charge in [0.2, 0.25) is 0 Å². The minimum atomic E-state index is 0.425. The molecule has 0 bridgehead atoms. The van der Waals surface area contributed by atoms with Crippen LogP contribution in [0.15, 0.2) is 41.5 Å². The molecule has 0 spiro atoms. The fourth-order valence-electron chi connectivity index (χ4n) is 2.27. The van der Waals surface area contributed by atoms with E-state index in [1.54, 1.807) is 0 Å². The second-order valence-corrected chi connectivity index (χ2v) is 5.48. The van der Waals surface area contributed by atoms with E-state index in [1.807, 2.05) is 18.6 Å². The highest BCUT2D eigenvalue weighted by Gasteiger charge is 2.13. The Morgan fingerprint density at radius 2 is 2.22 bits per heavy atom. The summed E-state index contributed by atoms with van der Waals surface area (Å²) in [6.07, 6.45) is 8.09. The number of rotatable bonds is 2. The molecule has 18 heavy (non-hydrogen) atoms. The maximum absolute atomic E-state index is 4.34. The van der Waals surface area contributed by atoms with E-state index in [-0.39, 0.29) is 0 Å². The first-order chi connectivity index (χ1) is 8.66. The van der Waals surface area contributed by atoms with Crippen LogP contribution in [-0.2, 0) is 0 Å². The van der Waals surface area contributed by atoms with Crippen molar-refractivity contribution in [1.29, 1.82) is 0 Å². The SMILES string of the molecule is CC(C)n1cc(-c2cc[nH]c2)c2cnc(Br)cc21. The van der Waals surface area contributed by atoms with Crippen LogP contribution in [0.25, 0.3) is 22.0 Å². The zero-order chi connectivity index (χ0) is 12.7. The molecule has 0 aromatic carbocycles. The van der Waals surface area contributed by atoms with Gasteiger partial charge in [-0.05, 0) is 41.9 Å². The highest BCUT2D eigenvalue weighted by molar-refractivity contribution is 9.10. The number of aromatic amines is 1. The summed E-state index contributed by atoms with van der Waals surface area (Å²) in [4.78, 5) is 7.45. The third-order valence-corrected chi connectivity index (χ3v) is 3.58. The fourth-order valence-corrected chi connectivity index (χ4v) is 2.59. The van der Waals surface area contributed by atoms with Gasteiger partial charge in [0.05, 0.1) is 5.52 Å². The van der Waals surface area contributed by atoms with Gasteiger partial charge in [-0.3, -0.25) is 0 Å². The molecule has 0 fully saturated rings. The molecule has 3 nitrogen and oxygen atoms in total. The maximum atomic E-state index is 4.34. The number of nitrogens with one attached hydrogen (secondary N) is 1. The third-order valence-electron chi connectivity index (χ3n) is 3.15. The monoisotopic (exact) mass is 303 g/mol. The van der Waals surface area contributed by atoms with Crippen molar-refractivity contribution in [2.24, 2.45) is 0 Å². The number of aromatic nitrogens is 3. The van der Waals surface area contributed by atoms with E-state index in [4.69, 9.17) is 0 Å². The fraction of sp³-hybridized carbons (Fsp3) is 0.214. The molecule has 0 saturated carbocycles. The first-order valence-electron chi connectivity index (χ1n) is 5.96. The molecule has 1 N–H and O–H groups in total. The van der Waals surface area contributed by atoms with E-state index in [9.17, 15) is 0 Å². The molecule has 0 aliphatic carbocycles. The van der Waals surface area contributed by atoms with Crippen molar-refractivity contribution in [3.8, 4) is 11.1 Å². The Hall–Kier alpha value is -1.55. The van der Waals surface area contributed by atoms with E-state index >= 15 is 0 Å². The van der Waals surface area contributed by atoms with E-state index < -0.39 is 0 Å². The molecule has 3 rings (SSSR count). The van der Waals surface area contributed by atoms with Crippen LogP contribution >= 0.6 is 15.9 Å². The van der Waals surface area contributed by atoms with Crippen molar-refractivity contribution in [2.75, 3.05) is 0 Å². The first-order valence-corrected chi connectivity index (χ1v) is 6.75. The van der Waals surface area contributed by atoms with Gasteiger partial charge in [0.15, 0.2) is 0 Å². The van der Waals surface area contributed by atoms with Gasteiger partial charge in [-0.1, -0.05) is 0 Å². The maximum Gasteiger partial charge on any atom is 0.108 e. The summed E-state index contributed by atoms with van der Waals surface area (Å²) >= 11 is 3.44. The number of pyridine rings is 1. The average Bonchev–Trinajstić information content (AvgIpc) is 2.93. The molecule has 0 radical (unpaired) electrons. The van der Waals surface area contributed by atoms with Crippen molar-refractivity contribution >= 4 is 26.8 Å². The lowest BCUT2D eigenvalue weighted by Gasteiger charge is -2.08. The Morgan fingerprint density at radius 3 is 2.89 bits per heavy atom. The Balaban J connectivity index is 2.34. The van der Waals surface area contributed by atoms with Crippen molar-refractivity contribution in [3.63, 3.8) is 0 Å². The molecule has 3 aromatic heterocycles. The molecular formula is C14H14BrN3. The first kappa shape index (κ1) is 11.5. The number of halogens is 1. The van der Waals surface area contributed by atoms with E-state index in [0.717, 1.165) is 4.60 Å². The van der Waals surface area contributed by atoms with Crippen LogP contribution in [-0.4, -0.2) is 14.5 Å². The van der Waals surface area contributed by atoms with E-state index in [1.165, 1.54) is 22.0 Å². The lowest BCUT2D eigenvalue weighted by atomic mass is 10.1. The quantitative estimate of drug-likeness (QED) is 0.701. The van der Waals surface area contributed by atoms with Crippen LogP contribution in [0, 0.1) is 0 Å². The van der Waals surface area contributed by atoms with Crippen LogP contribution in [0.2, 0.25) is 0 Å². The zero-order valence-corrected chi connectivity index (χ0v) is 11.9. The van der Waals surface area contributed by atoms with Crippen LogP contribution in [0.5, 0.6) is 0 Å². The minimum Gasteiger partial charge on any atom is -0.367 e. The Morgan fingerprint density at radius 1 is 1.39 bits per heavy atom. The molecule has 0 amide bonds. The summed E-state index contributed by atoms with van der Waals surface area (Å²) in [5, 5.41) is 1.19. The summed E-state index contributed by atoms with van der Waals surface area (Å²) in [6.45, 7) is 4.38. The largest absolute Gasteiger partial charge is 0.367 e. The summed E-state index contributed by atoms with van der Waals surface area (Å²) in [5.74, 6) is 0. The molecule has 4 heteroatoms. The Labute approximate surface area is 114 Å². The minimum absolute atomic E-state index is 0.425. The zero-order valence-electron chi connectivity index (χ0n) is 10.3. The van der Waals surface area contributed by atoms with Crippen molar-refractivity contribution < 1.29 is 0 Å². The smallest absolute Gasteiger partial charge is 0.108 e. The van der Waals surface area contributed by atoms with E-state index in [0.29, 0.717) is 6.04 Å². The molecule has 0 aliphatic rings. The van der Waals surface area contributed by atoms with Gasteiger partial charge in [0, 0.05) is 47.3 Å². The molecule has 0 saturated heterocycles. The molecular weight excluding hydrogens is 290 g/mol. The van der Waals surface area contributed by atoms with Gasteiger partial charge in [-0.25, -0.2) is 4.98 Å². The highest BCUT2D eigenvalue weighted by Crippen LogP contribution is 2.32. The standard InChI is InChI=1S/C14H14BrN3/c1-9(2)18-8-12(10-3-4-16-6-10)11-7-17-14(15)5-13(11)18/h3-9,16H,1-2H3. The van der Waals surface area contributed by atoms with Crippen LogP contribution in [0.1, 0.15) is 19.9 Å². The second kappa shape index (κ2) is 4.28. The van der Waals surface area contributed by atoms with Gasteiger partial charge in [0.1, 0.15) is 4.60 Å². The third kappa shape index (κ3) is 1.77. The molecule has 0 aliphatic heterocycles. The highest BCUT2D eigenvalue weighted by atomic mass is 79.9. The number of H-pyrrole nitrogens is 1. The normalized spacial score (nSPS) is 11.6. The van der Waals surface area contributed by atoms with Gasteiger partial charge in [0.25, 0.3) is 0 Å². The van der Waals surface area contributed by atoms with Crippen molar-refractivity contribution in [1.82, 2.24) is 14.5 Å². The van der Waals surface area contributed by atoms with Gasteiger partial charge in [-0.15, -0.1) is 0 Å². The Bertz CT molecular complexity index is 680. The summed E-state index contributed by atoms with van der Waals surface area (Å²) in [7, 11) is 0. The topological polar surface area (TPSA) is 33.6 Å². The molecule has 92 valence electrons. The van der Waals surface area contributed by atoms with Crippen molar-refractivity contribution in [3.05, 3.63) is 41.5 Å². The van der Waals surface area contributed by atoms with Crippen LogP contribution in [0.3, 0.4) is 0 Å². The Kier molecular flexibility index (Phi) is 2.74. The predicted octanol–water partition coefficient (Wildman–Crippen LogP) is 4.37.